The Morgan fingerprint density at radius 1 is 1.35 bits per heavy atom. The van der Waals surface area contributed by atoms with Gasteiger partial charge in [0.15, 0.2) is 0 Å². The average Bonchev–Trinajstić information content (AvgIpc) is 2.99. The van der Waals surface area contributed by atoms with E-state index in [9.17, 15) is 4.79 Å². The van der Waals surface area contributed by atoms with Crippen LogP contribution >= 0.6 is 24.0 Å². The van der Waals surface area contributed by atoms with Crippen LogP contribution in [-0.4, -0.2) is 48.1 Å². The first-order chi connectivity index (χ1) is 10.6. The van der Waals surface area contributed by atoms with Gasteiger partial charge in [0.2, 0.25) is 17.6 Å². The van der Waals surface area contributed by atoms with Crippen molar-refractivity contribution in [1.82, 2.24) is 20.4 Å². The highest BCUT2D eigenvalue weighted by molar-refractivity contribution is 6.30. The minimum Gasteiger partial charge on any atom is -0.344 e. The van der Waals surface area contributed by atoms with Crippen molar-refractivity contribution in [2.75, 3.05) is 27.2 Å². The Kier molecular flexibility index (Phi) is 8.02. The number of hydrogen-bond acceptors (Lipinski definition) is 5. The zero-order valence-electron chi connectivity index (χ0n) is 13.1. The topological polar surface area (TPSA) is 71.3 Å². The van der Waals surface area contributed by atoms with Gasteiger partial charge in [0.1, 0.15) is 0 Å². The Hall–Kier alpha value is -1.63. The second-order valence-corrected chi connectivity index (χ2v) is 5.37. The molecule has 0 saturated heterocycles. The lowest BCUT2D eigenvalue weighted by molar-refractivity contribution is -0.129. The van der Waals surface area contributed by atoms with Crippen LogP contribution in [0.4, 0.5) is 0 Å². The summed E-state index contributed by atoms with van der Waals surface area (Å²) in [5, 5.41) is 7.59. The van der Waals surface area contributed by atoms with Crippen LogP contribution in [0.25, 0.3) is 11.4 Å². The molecular weight excluding hydrogens is 339 g/mol. The summed E-state index contributed by atoms with van der Waals surface area (Å²) < 4.78 is 5.18. The van der Waals surface area contributed by atoms with E-state index in [1.807, 2.05) is 19.2 Å². The van der Waals surface area contributed by atoms with Crippen LogP contribution in [0.3, 0.4) is 0 Å². The van der Waals surface area contributed by atoms with E-state index in [-0.39, 0.29) is 18.3 Å². The van der Waals surface area contributed by atoms with Crippen LogP contribution in [0.2, 0.25) is 5.02 Å². The highest BCUT2D eigenvalue weighted by Crippen LogP contribution is 2.19. The van der Waals surface area contributed by atoms with Crippen LogP contribution in [0.5, 0.6) is 0 Å². The summed E-state index contributed by atoms with van der Waals surface area (Å²) in [7, 11) is 3.64. The summed E-state index contributed by atoms with van der Waals surface area (Å²) in [5.74, 6) is 1.02. The van der Waals surface area contributed by atoms with Gasteiger partial charge in [-0.05, 0) is 31.3 Å². The molecule has 1 aromatic heterocycles. The van der Waals surface area contributed by atoms with Gasteiger partial charge in [-0.25, -0.2) is 0 Å². The molecule has 0 aliphatic rings. The average molecular weight is 359 g/mol. The third kappa shape index (κ3) is 5.82. The number of amides is 1. The summed E-state index contributed by atoms with van der Waals surface area (Å²) in [4.78, 5) is 17.9. The maximum absolute atomic E-state index is 11.9. The maximum atomic E-state index is 11.9. The number of halogens is 2. The molecular formula is C15H20Cl2N4O2. The lowest BCUT2D eigenvalue weighted by atomic mass is 10.2. The first-order valence-electron chi connectivity index (χ1n) is 7.07. The number of nitrogens with zero attached hydrogens (tertiary/aromatic N) is 3. The van der Waals surface area contributed by atoms with Crippen molar-refractivity contribution in [3.63, 3.8) is 0 Å². The zero-order chi connectivity index (χ0) is 15.9. The second-order valence-electron chi connectivity index (χ2n) is 4.94. The lowest BCUT2D eigenvalue weighted by Gasteiger charge is -2.16. The number of carbonyl (C=O) groups excluding carboxylic acids is 1. The normalized spacial score (nSPS) is 10.2. The number of aromatic nitrogens is 2. The third-order valence-electron chi connectivity index (χ3n) is 3.25. The fourth-order valence-electron chi connectivity index (χ4n) is 1.88. The van der Waals surface area contributed by atoms with Crippen molar-refractivity contribution in [2.24, 2.45) is 0 Å². The molecule has 6 nitrogen and oxygen atoms in total. The largest absolute Gasteiger partial charge is 0.344 e. The fourth-order valence-corrected chi connectivity index (χ4v) is 2.01. The summed E-state index contributed by atoms with van der Waals surface area (Å²) in [6.07, 6.45) is 0.784. The molecule has 1 heterocycles. The van der Waals surface area contributed by atoms with Crippen LogP contribution < -0.4 is 5.32 Å². The van der Waals surface area contributed by atoms with E-state index >= 15 is 0 Å². The highest BCUT2D eigenvalue weighted by atomic mass is 35.5. The Balaban J connectivity index is 0.00000264. The van der Waals surface area contributed by atoms with Crippen LogP contribution in [-0.2, 0) is 11.2 Å². The van der Waals surface area contributed by atoms with E-state index in [4.69, 9.17) is 16.1 Å². The summed E-state index contributed by atoms with van der Waals surface area (Å²) >= 11 is 5.84. The van der Waals surface area contributed by atoms with Gasteiger partial charge in [0, 0.05) is 43.6 Å². The molecule has 1 N–H and O–H groups in total. The molecule has 0 radical (unpaired) electrons. The highest BCUT2D eigenvalue weighted by Gasteiger charge is 2.13. The number of carbonyl (C=O) groups is 1. The molecule has 2 aromatic rings. The summed E-state index contributed by atoms with van der Waals surface area (Å²) in [5.41, 5.74) is 0.830. The first-order valence-corrected chi connectivity index (χ1v) is 7.45. The molecule has 0 aliphatic carbocycles. The number of hydrogen-bond donors (Lipinski definition) is 1. The van der Waals surface area contributed by atoms with Crippen LogP contribution in [0.15, 0.2) is 28.8 Å². The van der Waals surface area contributed by atoms with Gasteiger partial charge >= 0.3 is 0 Å². The van der Waals surface area contributed by atoms with Gasteiger partial charge in [-0.3, -0.25) is 4.79 Å². The summed E-state index contributed by atoms with van der Waals surface area (Å²) in [6, 6.07) is 7.20. The molecule has 0 bridgehead atoms. The van der Waals surface area contributed by atoms with Crippen LogP contribution in [0, 0.1) is 0 Å². The molecule has 0 aliphatic heterocycles. The Bertz CT molecular complexity index is 616. The molecule has 0 fully saturated rings. The Morgan fingerprint density at radius 3 is 2.70 bits per heavy atom. The van der Waals surface area contributed by atoms with E-state index in [0.29, 0.717) is 36.1 Å². The molecule has 1 amide bonds. The number of benzene rings is 1. The van der Waals surface area contributed by atoms with E-state index in [2.05, 4.69) is 15.5 Å². The summed E-state index contributed by atoms with van der Waals surface area (Å²) in [6.45, 7) is 1.44. The molecule has 0 spiro atoms. The molecule has 126 valence electrons. The predicted octanol–water partition coefficient (Wildman–Crippen LogP) is 2.42. The first kappa shape index (κ1) is 19.4. The van der Waals surface area contributed by atoms with Gasteiger partial charge in [-0.15, -0.1) is 12.4 Å². The van der Waals surface area contributed by atoms with Crippen molar-refractivity contribution < 1.29 is 9.32 Å². The molecule has 0 saturated carbocycles. The Labute approximate surface area is 146 Å². The lowest BCUT2D eigenvalue weighted by Crippen LogP contribution is -2.32. The van der Waals surface area contributed by atoms with Crippen molar-refractivity contribution in [3.05, 3.63) is 35.2 Å². The fraction of sp³-hybridized carbons (Fsp3) is 0.400. The van der Waals surface area contributed by atoms with Crippen LogP contribution in [0.1, 0.15) is 12.3 Å². The maximum Gasteiger partial charge on any atom is 0.227 e. The molecule has 1 aromatic carbocycles. The van der Waals surface area contributed by atoms with Crippen molar-refractivity contribution in [1.29, 1.82) is 0 Å². The third-order valence-corrected chi connectivity index (χ3v) is 3.50. The molecule has 23 heavy (non-hydrogen) atoms. The van der Waals surface area contributed by atoms with E-state index in [1.54, 1.807) is 24.1 Å². The Morgan fingerprint density at radius 2 is 2.04 bits per heavy atom. The van der Waals surface area contributed by atoms with Gasteiger partial charge in [0.25, 0.3) is 0 Å². The quantitative estimate of drug-likeness (QED) is 0.822. The molecule has 0 unspecified atom stereocenters. The second kappa shape index (κ2) is 9.50. The SMILES string of the molecule is CNCCN(C)C(=O)CCc1nc(-c2ccc(Cl)cc2)no1.Cl. The minimum atomic E-state index is 0. The number of likely N-dealkylation sites (N-methyl/N-ethyl adjacent to an activating group) is 2. The zero-order valence-corrected chi connectivity index (χ0v) is 14.7. The number of aryl methyl sites for hydroxylation is 1. The van der Waals surface area contributed by atoms with Crippen molar-refractivity contribution >= 4 is 29.9 Å². The van der Waals surface area contributed by atoms with E-state index in [1.165, 1.54) is 0 Å². The molecule has 0 atom stereocenters. The van der Waals surface area contributed by atoms with Gasteiger partial charge in [0.05, 0.1) is 0 Å². The smallest absolute Gasteiger partial charge is 0.227 e. The van der Waals surface area contributed by atoms with Gasteiger partial charge in [-0.1, -0.05) is 16.8 Å². The van der Waals surface area contributed by atoms with E-state index < -0.39 is 0 Å². The number of nitrogens with one attached hydrogen (secondary N) is 1. The minimum absolute atomic E-state index is 0. The van der Waals surface area contributed by atoms with Gasteiger partial charge < -0.3 is 14.7 Å². The monoisotopic (exact) mass is 358 g/mol. The molecule has 8 heteroatoms. The van der Waals surface area contributed by atoms with E-state index in [0.717, 1.165) is 12.1 Å². The van der Waals surface area contributed by atoms with Crippen molar-refractivity contribution in [3.8, 4) is 11.4 Å². The van der Waals surface area contributed by atoms with Gasteiger partial charge in [-0.2, -0.15) is 4.98 Å². The number of rotatable bonds is 7. The predicted molar refractivity (Wildman–Crippen MR) is 91.9 cm³/mol. The molecule has 2 rings (SSSR count). The van der Waals surface area contributed by atoms with Crippen molar-refractivity contribution in [2.45, 2.75) is 12.8 Å². The standard InChI is InChI=1S/C15H19ClN4O2.ClH/c1-17-9-10-20(2)14(21)8-7-13-18-15(19-22-13)11-3-5-12(16)6-4-11;/h3-6,17H,7-10H2,1-2H3;1H.